The lowest BCUT2D eigenvalue weighted by Crippen LogP contribution is -2.26. The maximum Gasteiger partial charge on any atom is 0.193 e. The van der Waals surface area contributed by atoms with Crippen molar-refractivity contribution in [1.29, 1.82) is 0 Å². The zero-order valence-corrected chi connectivity index (χ0v) is 16.4. The number of guanidine groups is 1. The molecule has 23 heavy (non-hydrogen) atoms. The quantitative estimate of drug-likeness (QED) is 0.419. The lowest BCUT2D eigenvalue weighted by atomic mass is 9.86. The van der Waals surface area contributed by atoms with Gasteiger partial charge in [0.15, 0.2) is 5.96 Å². The van der Waals surface area contributed by atoms with Gasteiger partial charge in [-0.2, -0.15) is 0 Å². The molecule has 0 heterocycles. The number of hydrogen-bond acceptors (Lipinski definition) is 1. The third kappa shape index (κ3) is 7.03. The van der Waals surface area contributed by atoms with E-state index < -0.39 is 0 Å². The second-order valence-corrected chi connectivity index (χ2v) is 6.52. The molecule has 0 saturated heterocycles. The second-order valence-electron chi connectivity index (χ2n) is 6.52. The van der Waals surface area contributed by atoms with Gasteiger partial charge in [-0.25, -0.2) is 0 Å². The Bertz CT molecular complexity index is 619. The van der Waals surface area contributed by atoms with E-state index in [0.29, 0.717) is 12.5 Å². The van der Waals surface area contributed by atoms with E-state index in [9.17, 15) is 0 Å². The fourth-order valence-corrected chi connectivity index (χ4v) is 2.33. The minimum atomic E-state index is 0. The molecular weight excluding hydrogens is 397 g/mol. The van der Waals surface area contributed by atoms with Crippen LogP contribution in [0.25, 0.3) is 0 Å². The summed E-state index contributed by atoms with van der Waals surface area (Å²) in [6, 6.07) is 18.6. The van der Waals surface area contributed by atoms with Gasteiger partial charge >= 0.3 is 0 Å². The highest BCUT2D eigenvalue weighted by Crippen LogP contribution is 2.22. The largest absolute Gasteiger partial charge is 0.370 e. The second kappa shape index (κ2) is 8.91. The molecule has 0 fully saturated rings. The molecule has 0 amide bonds. The molecule has 0 aliphatic heterocycles. The number of nitrogens with two attached hydrogens (primary N) is 1. The van der Waals surface area contributed by atoms with Crippen LogP contribution in [-0.4, -0.2) is 12.5 Å². The molecule has 4 heteroatoms. The summed E-state index contributed by atoms with van der Waals surface area (Å²) in [6.07, 6.45) is 0.981. The first-order valence-corrected chi connectivity index (χ1v) is 7.62. The fourth-order valence-electron chi connectivity index (χ4n) is 2.33. The van der Waals surface area contributed by atoms with Gasteiger partial charge in [-0.1, -0.05) is 61.9 Å². The van der Waals surface area contributed by atoms with Gasteiger partial charge in [-0.3, -0.25) is 4.99 Å². The molecule has 0 spiro atoms. The number of hydrogen-bond donors (Lipinski definition) is 2. The molecule has 2 aromatic carbocycles. The van der Waals surface area contributed by atoms with Gasteiger partial charge < -0.3 is 11.1 Å². The number of nitrogens with zero attached hydrogens (tertiary/aromatic N) is 1. The Morgan fingerprint density at radius 2 is 1.65 bits per heavy atom. The van der Waals surface area contributed by atoms with E-state index in [0.717, 1.165) is 12.1 Å². The molecule has 0 aromatic heterocycles. The van der Waals surface area contributed by atoms with Gasteiger partial charge in [0.25, 0.3) is 0 Å². The highest BCUT2D eigenvalue weighted by atomic mass is 127. The predicted octanol–water partition coefficient (Wildman–Crippen LogP) is 4.61. The van der Waals surface area contributed by atoms with Crippen LogP contribution in [0.5, 0.6) is 0 Å². The smallest absolute Gasteiger partial charge is 0.193 e. The Kier molecular flexibility index (Phi) is 7.55. The zero-order chi connectivity index (χ0) is 16.0. The van der Waals surface area contributed by atoms with E-state index in [1.54, 1.807) is 0 Å². The summed E-state index contributed by atoms with van der Waals surface area (Å²) in [5.74, 6) is 0.463. The monoisotopic (exact) mass is 423 g/mol. The number of benzene rings is 2. The summed E-state index contributed by atoms with van der Waals surface area (Å²) >= 11 is 0. The first-order chi connectivity index (χ1) is 10.4. The molecule has 0 radical (unpaired) electrons. The summed E-state index contributed by atoms with van der Waals surface area (Å²) < 4.78 is 0. The van der Waals surface area contributed by atoms with E-state index in [-0.39, 0.29) is 29.4 Å². The average molecular weight is 423 g/mol. The van der Waals surface area contributed by atoms with Crippen molar-refractivity contribution in [3.63, 3.8) is 0 Å². The molecule has 0 unspecified atom stereocenters. The standard InChI is InChI=1S/C19H25N3.HI/c1-15-9-11-17(12-10-15)22-18(20)21-14-19(2,3)13-16-7-5-4-6-8-16;/h4-12H,13-14H2,1-3H3,(H3,20,21,22);1H. The molecule has 0 bridgehead atoms. The van der Waals surface area contributed by atoms with Crippen LogP contribution in [0.4, 0.5) is 5.69 Å². The van der Waals surface area contributed by atoms with Gasteiger partial charge in [0.1, 0.15) is 0 Å². The van der Waals surface area contributed by atoms with Crippen molar-refractivity contribution >= 4 is 35.6 Å². The van der Waals surface area contributed by atoms with Crippen LogP contribution < -0.4 is 11.1 Å². The molecule has 0 atom stereocenters. The molecule has 3 nitrogen and oxygen atoms in total. The number of anilines is 1. The number of aryl methyl sites for hydroxylation is 1. The number of rotatable bonds is 5. The van der Waals surface area contributed by atoms with Crippen molar-refractivity contribution in [3.05, 3.63) is 65.7 Å². The SMILES string of the molecule is Cc1ccc(NC(N)=NCC(C)(C)Cc2ccccc2)cc1.I. The maximum atomic E-state index is 5.98. The van der Waals surface area contributed by atoms with Gasteiger partial charge in [-0.05, 0) is 36.5 Å². The maximum absolute atomic E-state index is 5.98. The van der Waals surface area contributed by atoms with E-state index in [2.05, 4.69) is 67.5 Å². The van der Waals surface area contributed by atoms with E-state index >= 15 is 0 Å². The van der Waals surface area contributed by atoms with Crippen LogP contribution in [0.2, 0.25) is 0 Å². The van der Waals surface area contributed by atoms with Crippen molar-refractivity contribution < 1.29 is 0 Å². The number of halogens is 1. The molecule has 2 aromatic rings. The minimum absolute atomic E-state index is 0. The highest BCUT2D eigenvalue weighted by Gasteiger charge is 2.18. The normalized spacial score (nSPS) is 11.7. The van der Waals surface area contributed by atoms with Crippen molar-refractivity contribution in [1.82, 2.24) is 0 Å². The Labute approximate surface area is 156 Å². The van der Waals surface area contributed by atoms with E-state index in [4.69, 9.17) is 5.73 Å². The zero-order valence-electron chi connectivity index (χ0n) is 14.0. The van der Waals surface area contributed by atoms with Gasteiger partial charge in [-0.15, -0.1) is 24.0 Å². The van der Waals surface area contributed by atoms with Crippen LogP contribution in [0.1, 0.15) is 25.0 Å². The Hall–Kier alpha value is -1.56. The topological polar surface area (TPSA) is 50.4 Å². The molecule has 124 valence electrons. The number of nitrogens with one attached hydrogen (secondary N) is 1. The van der Waals surface area contributed by atoms with Crippen LogP contribution in [0.3, 0.4) is 0 Å². The van der Waals surface area contributed by atoms with E-state index in [1.165, 1.54) is 11.1 Å². The van der Waals surface area contributed by atoms with Crippen molar-refractivity contribution in [2.75, 3.05) is 11.9 Å². The van der Waals surface area contributed by atoms with Crippen LogP contribution in [0.15, 0.2) is 59.6 Å². The van der Waals surface area contributed by atoms with Crippen LogP contribution in [0, 0.1) is 12.3 Å². The lowest BCUT2D eigenvalue weighted by molar-refractivity contribution is 0.378. The first kappa shape index (κ1) is 19.5. The van der Waals surface area contributed by atoms with Crippen molar-refractivity contribution in [2.24, 2.45) is 16.1 Å². The average Bonchev–Trinajstić information content (AvgIpc) is 2.48. The molecular formula is C19H26IN3. The van der Waals surface area contributed by atoms with Crippen molar-refractivity contribution in [2.45, 2.75) is 27.2 Å². The van der Waals surface area contributed by atoms with Crippen LogP contribution >= 0.6 is 24.0 Å². The lowest BCUT2D eigenvalue weighted by Gasteiger charge is -2.22. The minimum Gasteiger partial charge on any atom is -0.370 e. The van der Waals surface area contributed by atoms with Gasteiger partial charge in [0.05, 0.1) is 0 Å². The fraction of sp³-hybridized carbons (Fsp3) is 0.316. The molecule has 0 saturated carbocycles. The summed E-state index contributed by atoms with van der Waals surface area (Å²) in [7, 11) is 0. The summed E-state index contributed by atoms with van der Waals surface area (Å²) in [5.41, 5.74) is 9.57. The first-order valence-electron chi connectivity index (χ1n) is 7.62. The Balaban J connectivity index is 0.00000264. The molecule has 3 N–H and O–H groups in total. The summed E-state index contributed by atoms with van der Waals surface area (Å²) in [5, 5.41) is 3.13. The molecule has 2 rings (SSSR count). The highest BCUT2D eigenvalue weighted by molar-refractivity contribution is 14.0. The van der Waals surface area contributed by atoms with Gasteiger partial charge in [0.2, 0.25) is 0 Å². The van der Waals surface area contributed by atoms with Gasteiger partial charge in [0, 0.05) is 12.2 Å². The Morgan fingerprint density at radius 1 is 1.04 bits per heavy atom. The summed E-state index contributed by atoms with van der Waals surface area (Å²) in [4.78, 5) is 4.49. The predicted molar refractivity (Wildman–Crippen MR) is 111 cm³/mol. The van der Waals surface area contributed by atoms with Crippen LogP contribution in [-0.2, 0) is 6.42 Å². The summed E-state index contributed by atoms with van der Waals surface area (Å²) in [6.45, 7) is 7.17. The Morgan fingerprint density at radius 3 is 2.26 bits per heavy atom. The van der Waals surface area contributed by atoms with Crippen molar-refractivity contribution in [3.8, 4) is 0 Å². The third-order valence-electron chi connectivity index (χ3n) is 3.53. The molecule has 0 aliphatic rings. The third-order valence-corrected chi connectivity index (χ3v) is 3.53. The molecule has 0 aliphatic carbocycles. The number of aliphatic imine (C=N–C) groups is 1. The van der Waals surface area contributed by atoms with E-state index in [1.807, 2.05) is 18.2 Å².